The van der Waals surface area contributed by atoms with Crippen molar-refractivity contribution in [2.24, 2.45) is 4.99 Å². The van der Waals surface area contributed by atoms with Crippen molar-refractivity contribution in [1.29, 1.82) is 0 Å². The summed E-state index contributed by atoms with van der Waals surface area (Å²) in [5, 5.41) is 11.2. The van der Waals surface area contributed by atoms with E-state index in [4.69, 9.17) is 14.2 Å². The summed E-state index contributed by atoms with van der Waals surface area (Å²) >= 11 is 3.52. The van der Waals surface area contributed by atoms with E-state index in [1.165, 1.54) is 19.2 Å². The Balaban J connectivity index is 1.58. The number of halogens is 1. The highest BCUT2D eigenvalue weighted by atomic mass is 79.9. The topological polar surface area (TPSA) is 100 Å². The molecule has 0 unspecified atom stereocenters. The van der Waals surface area contributed by atoms with Crippen molar-refractivity contribution in [2.75, 3.05) is 13.7 Å². The van der Waals surface area contributed by atoms with Crippen LogP contribution >= 0.6 is 15.9 Å². The van der Waals surface area contributed by atoms with Gasteiger partial charge in [-0.3, -0.25) is 10.1 Å². The molecule has 0 radical (unpaired) electrons. The van der Waals surface area contributed by atoms with Crippen LogP contribution in [0.3, 0.4) is 0 Å². The van der Waals surface area contributed by atoms with E-state index in [0.29, 0.717) is 39.3 Å². The first-order valence-corrected chi connectivity index (χ1v) is 11.5. The molecule has 3 aromatic carbocycles. The molecule has 1 aliphatic heterocycles. The zero-order valence-corrected chi connectivity index (χ0v) is 20.6. The van der Waals surface area contributed by atoms with E-state index in [9.17, 15) is 14.9 Å². The van der Waals surface area contributed by atoms with Crippen LogP contribution in [0.25, 0.3) is 6.08 Å². The molecule has 0 saturated carbocycles. The highest BCUT2D eigenvalue weighted by Gasteiger charge is 2.27. The molecule has 3 aromatic rings. The first kappa shape index (κ1) is 24.2. The van der Waals surface area contributed by atoms with Crippen molar-refractivity contribution in [1.82, 2.24) is 0 Å². The van der Waals surface area contributed by atoms with Gasteiger partial charge in [0.05, 0.1) is 23.1 Å². The van der Waals surface area contributed by atoms with Gasteiger partial charge in [-0.25, -0.2) is 9.79 Å². The Labute approximate surface area is 210 Å². The Hall–Kier alpha value is -3.98. The SMILES string of the molecule is COc1cc(/C=C2\N=C(c3cccc([N+](=O)[O-])c3C)OC2=O)cc(Br)c1OCCc1ccccc1. The fourth-order valence-electron chi connectivity index (χ4n) is 3.61. The molecule has 178 valence electrons. The van der Waals surface area contributed by atoms with E-state index >= 15 is 0 Å². The molecule has 0 aromatic heterocycles. The molecule has 0 atom stereocenters. The van der Waals surface area contributed by atoms with Gasteiger partial charge in [0.1, 0.15) is 0 Å². The van der Waals surface area contributed by atoms with Crippen molar-refractivity contribution >= 4 is 39.6 Å². The van der Waals surface area contributed by atoms with Gasteiger partial charge in [-0.15, -0.1) is 0 Å². The van der Waals surface area contributed by atoms with Gasteiger partial charge in [-0.1, -0.05) is 36.4 Å². The van der Waals surface area contributed by atoms with Gasteiger partial charge in [0.2, 0.25) is 5.90 Å². The second-order valence-corrected chi connectivity index (χ2v) is 8.52. The van der Waals surface area contributed by atoms with E-state index in [1.807, 2.05) is 30.3 Å². The summed E-state index contributed by atoms with van der Waals surface area (Å²) in [7, 11) is 1.54. The third kappa shape index (κ3) is 5.41. The Morgan fingerprint density at radius 3 is 2.63 bits per heavy atom. The highest BCUT2D eigenvalue weighted by Crippen LogP contribution is 2.38. The Kier molecular flexibility index (Phi) is 7.26. The number of rotatable bonds is 8. The minimum absolute atomic E-state index is 0.0225. The summed E-state index contributed by atoms with van der Waals surface area (Å²) in [5.41, 5.74) is 2.55. The van der Waals surface area contributed by atoms with Crippen LogP contribution in [0, 0.1) is 17.0 Å². The van der Waals surface area contributed by atoms with Crippen LogP contribution in [-0.4, -0.2) is 30.5 Å². The lowest BCUT2D eigenvalue weighted by molar-refractivity contribution is -0.385. The maximum Gasteiger partial charge on any atom is 0.363 e. The fourth-order valence-corrected chi connectivity index (χ4v) is 4.19. The number of nitrogens with zero attached hydrogens (tertiary/aromatic N) is 2. The van der Waals surface area contributed by atoms with Gasteiger partial charge in [0, 0.05) is 23.6 Å². The van der Waals surface area contributed by atoms with Gasteiger partial charge in [-0.05, 0) is 58.3 Å². The number of nitro groups is 1. The number of methoxy groups -OCH3 is 1. The maximum absolute atomic E-state index is 12.5. The van der Waals surface area contributed by atoms with Crippen molar-refractivity contribution in [2.45, 2.75) is 13.3 Å². The van der Waals surface area contributed by atoms with Crippen LogP contribution < -0.4 is 9.47 Å². The van der Waals surface area contributed by atoms with Gasteiger partial charge in [0.15, 0.2) is 17.2 Å². The molecule has 0 bridgehead atoms. The lowest BCUT2D eigenvalue weighted by Gasteiger charge is -2.13. The summed E-state index contributed by atoms with van der Waals surface area (Å²) in [5.74, 6) is 0.416. The van der Waals surface area contributed by atoms with Crippen molar-refractivity contribution < 1.29 is 23.9 Å². The molecule has 35 heavy (non-hydrogen) atoms. The highest BCUT2D eigenvalue weighted by molar-refractivity contribution is 9.10. The predicted octanol–water partition coefficient (Wildman–Crippen LogP) is 5.64. The molecule has 8 nitrogen and oxygen atoms in total. The van der Waals surface area contributed by atoms with Gasteiger partial charge in [0.25, 0.3) is 5.69 Å². The third-order valence-electron chi connectivity index (χ3n) is 5.39. The predicted molar refractivity (Wildman–Crippen MR) is 135 cm³/mol. The second kappa shape index (κ2) is 10.5. The zero-order valence-electron chi connectivity index (χ0n) is 19.0. The van der Waals surface area contributed by atoms with Gasteiger partial charge < -0.3 is 14.2 Å². The Morgan fingerprint density at radius 2 is 1.91 bits per heavy atom. The molecular formula is C26H21BrN2O6. The molecule has 4 rings (SSSR count). The molecule has 0 spiro atoms. The zero-order chi connectivity index (χ0) is 24.9. The van der Waals surface area contributed by atoms with Crippen LogP contribution in [0.2, 0.25) is 0 Å². The molecular weight excluding hydrogens is 516 g/mol. The number of aliphatic imine (C=N–C) groups is 1. The third-order valence-corrected chi connectivity index (χ3v) is 5.98. The average Bonchev–Trinajstić information content (AvgIpc) is 3.20. The fraction of sp³-hybridized carbons (Fsp3) is 0.154. The Morgan fingerprint density at radius 1 is 1.14 bits per heavy atom. The smallest absolute Gasteiger partial charge is 0.363 e. The van der Waals surface area contributed by atoms with E-state index in [1.54, 1.807) is 31.2 Å². The molecule has 0 N–H and O–H groups in total. The van der Waals surface area contributed by atoms with E-state index in [-0.39, 0.29) is 17.3 Å². The normalized spacial score (nSPS) is 14.0. The monoisotopic (exact) mass is 536 g/mol. The molecule has 0 aliphatic carbocycles. The number of carbonyl (C=O) groups is 1. The minimum Gasteiger partial charge on any atom is -0.493 e. The number of carbonyl (C=O) groups excluding carboxylic acids is 1. The maximum atomic E-state index is 12.5. The molecule has 0 saturated heterocycles. The second-order valence-electron chi connectivity index (χ2n) is 7.66. The molecule has 0 fully saturated rings. The largest absolute Gasteiger partial charge is 0.493 e. The summed E-state index contributed by atoms with van der Waals surface area (Å²) in [6, 6.07) is 18.1. The first-order valence-electron chi connectivity index (χ1n) is 10.7. The summed E-state index contributed by atoms with van der Waals surface area (Å²) in [6.45, 7) is 2.05. The number of hydrogen-bond acceptors (Lipinski definition) is 7. The van der Waals surface area contributed by atoms with E-state index in [0.717, 1.165) is 12.0 Å². The van der Waals surface area contributed by atoms with Crippen molar-refractivity contribution in [3.8, 4) is 11.5 Å². The average molecular weight is 537 g/mol. The standard InChI is InChI=1S/C26H21BrN2O6/c1-16-19(9-6-10-22(16)29(31)32)25-28-21(26(30)35-25)14-18-13-20(27)24(23(15-18)33-2)34-12-11-17-7-4-3-5-8-17/h3-10,13-15H,11-12H2,1-2H3/b21-14-. The molecule has 1 aliphatic rings. The van der Waals surface area contributed by atoms with Gasteiger partial charge >= 0.3 is 5.97 Å². The van der Waals surface area contributed by atoms with Crippen LogP contribution in [0.1, 0.15) is 22.3 Å². The van der Waals surface area contributed by atoms with Crippen LogP contribution in [0.4, 0.5) is 5.69 Å². The number of cyclic esters (lactones) is 1. The van der Waals surface area contributed by atoms with Crippen LogP contribution in [0.5, 0.6) is 11.5 Å². The van der Waals surface area contributed by atoms with Gasteiger partial charge in [-0.2, -0.15) is 0 Å². The quantitative estimate of drug-likeness (QED) is 0.160. The summed E-state index contributed by atoms with van der Waals surface area (Å²) in [6.07, 6.45) is 2.30. The van der Waals surface area contributed by atoms with Crippen molar-refractivity contribution in [3.63, 3.8) is 0 Å². The van der Waals surface area contributed by atoms with E-state index < -0.39 is 10.9 Å². The first-order chi connectivity index (χ1) is 16.9. The number of nitro benzene ring substituents is 1. The minimum atomic E-state index is -0.649. The summed E-state index contributed by atoms with van der Waals surface area (Å²) < 4.78 is 17.4. The lowest BCUT2D eigenvalue weighted by Crippen LogP contribution is -2.08. The van der Waals surface area contributed by atoms with E-state index in [2.05, 4.69) is 20.9 Å². The number of esters is 1. The Bertz CT molecular complexity index is 1350. The molecule has 9 heteroatoms. The molecule has 0 amide bonds. The molecule has 1 heterocycles. The number of hydrogen-bond donors (Lipinski definition) is 0. The van der Waals surface area contributed by atoms with Crippen LogP contribution in [-0.2, 0) is 16.0 Å². The lowest BCUT2D eigenvalue weighted by atomic mass is 10.1. The van der Waals surface area contributed by atoms with Crippen molar-refractivity contribution in [3.05, 3.63) is 103 Å². The van der Waals surface area contributed by atoms with Crippen LogP contribution in [0.15, 0.2) is 75.8 Å². The summed E-state index contributed by atoms with van der Waals surface area (Å²) in [4.78, 5) is 27.5. The number of ether oxygens (including phenoxy) is 3. The number of benzene rings is 3.